The number of anilines is 1. The smallest absolute Gasteiger partial charge is 0.353 e. The van der Waals surface area contributed by atoms with Crippen molar-refractivity contribution in [1.29, 1.82) is 0 Å². The van der Waals surface area contributed by atoms with Crippen LogP contribution in [0.2, 0.25) is 0 Å². The van der Waals surface area contributed by atoms with Crippen molar-refractivity contribution in [2.24, 2.45) is 23.7 Å². The van der Waals surface area contributed by atoms with E-state index in [-0.39, 0.29) is 58.3 Å². The molecule has 9 heteroatoms. The van der Waals surface area contributed by atoms with Gasteiger partial charge in [-0.3, -0.25) is 19.3 Å². The molecular weight excluding hydrogens is 578 g/mol. The molecular formula is C35H27NO7S. The predicted molar refractivity (Wildman–Crippen MR) is 162 cm³/mol. The highest BCUT2D eigenvalue weighted by Gasteiger charge is 2.64. The average Bonchev–Trinajstić information content (AvgIpc) is 3.85. The van der Waals surface area contributed by atoms with Crippen molar-refractivity contribution in [3.8, 4) is 5.75 Å². The first-order valence-corrected chi connectivity index (χ1v) is 15.4. The maximum Gasteiger partial charge on any atom is 0.353 e. The van der Waals surface area contributed by atoms with E-state index in [0.717, 1.165) is 12.8 Å². The van der Waals surface area contributed by atoms with Crippen LogP contribution in [0.15, 0.2) is 96.4 Å². The molecule has 0 N–H and O–H groups in total. The zero-order chi connectivity index (χ0) is 30.4. The molecule has 2 saturated carbocycles. The van der Waals surface area contributed by atoms with E-state index < -0.39 is 24.3 Å². The number of carbonyl (C=O) groups is 5. The first kappa shape index (κ1) is 27.9. The van der Waals surface area contributed by atoms with Crippen LogP contribution in [0.1, 0.15) is 54.7 Å². The highest BCUT2D eigenvalue weighted by molar-refractivity contribution is 7.12. The maximum atomic E-state index is 13.7. The van der Waals surface area contributed by atoms with Crippen LogP contribution >= 0.6 is 11.3 Å². The number of benzene rings is 3. The molecule has 1 saturated heterocycles. The van der Waals surface area contributed by atoms with Gasteiger partial charge in [-0.05, 0) is 90.1 Å². The molecule has 2 aliphatic carbocycles. The number of thiophene rings is 1. The summed E-state index contributed by atoms with van der Waals surface area (Å²) in [7, 11) is 0. The monoisotopic (exact) mass is 605 g/mol. The number of nitrogens with zero attached hydrogens (tertiary/aromatic N) is 1. The number of imide groups is 1. The van der Waals surface area contributed by atoms with Gasteiger partial charge in [0, 0.05) is 5.56 Å². The number of fused-ring (bicyclic) bond motifs is 5. The molecule has 2 heterocycles. The van der Waals surface area contributed by atoms with E-state index >= 15 is 0 Å². The summed E-state index contributed by atoms with van der Waals surface area (Å²) >= 11 is 1.27. The van der Waals surface area contributed by atoms with Crippen LogP contribution < -0.4 is 9.64 Å². The van der Waals surface area contributed by atoms with E-state index in [9.17, 15) is 24.0 Å². The van der Waals surface area contributed by atoms with Crippen molar-refractivity contribution in [3.63, 3.8) is 0 Å². The highest BCUT2D eigenvalue weighted by atomic mass is 32.1. The normalized spacial score (nSPS) is 23.5. The number of Topliss-reactive ketones (excluding diaryl/α,β-unsaturated/α-hetero) is 1. The van der Waals surface area contributed by atoms with Gasteiger partial charge in [0.25, 0.3) is 0 Å². The van der Waals surface area contributed by atoms with Crippen molar-refractivity contribution in [3.05, 3.63) is 118 Å². The summed E-state index contributed by atoms with van der Waals surface area (Å²) in [6.45, 7) is -0.507. The lowest BCUT2D eigenvalue weighted by molar-refractivity contribution is -0.123. The van der Waals surface area contributed by atoms with Crippen LogP contribution in [0, 0.1) is 23.7 Å². The van der Waals surface area contributed by atoms with Gasteiger partial charge >= 0.3 is 11.9 Å². The first-order chi connectivity index (χ1) is 21.4. The fraction of sp³-hybridized carbons (Fsp3) is 0.229. The molecule has 0 spiro atoms. The molecule has 2 amide bonds. The zero-order valence-corrected chi connectivity index (χ0v) is 24.3. The Morgan fingerprint density at radius 3 is 2.30 bits per heavy atom. The SMILES string of the molecule is O=C(COC(=O)c1cccc(N2C(=O)[C@H]3[C@H]4C[C@@H]([C@@H]3C2=O)[C@H](c2ccccc2)C4)c1)c1ccc(OC(=O)c2cccs2)cc1. The van der Waals surface area contributed by atoms with Crippen molar-refractivity contribution in [1.82, 2.24) is 0 Å². The van der Waals surface area contributed by atoms with Gasteiger partial charge in [0.15, 0.2) is 12.4 Å². The summed E-state index contributed by atoms with van der Waals surface area (Å²) in [5, 5.41) is 1.77. The lowest BCUT2D eigenvalue weighted by atomic mass is 9.73. The van der Waals surface area contributed by atoms with Crippen LogP contribution in [0.25, 0.3) is 0 Å². The zero-order valence-electron chi connectivity index (χ0n) is 23.5. The van der Waals surface area contributed by atoms with Gasteiger partial charge in [0.1, 0.15) is 10.6 Å². The fourth-order valence-electron chi connectivity index (χ4n) is 7.13. The molecule has 4 aromatic rings. The van der Waals surface area contributed by atoms with Crippen molar-refractivity contribution >= 4 is 46.6 Å². The van der Waals surface area contributed by atoms with Gasteiger partial charge in [-0.25, -0.2) is 9.59 Å². The third-order valence-corrected chi connectivity index (χ3v) is 9.88. The Hall–Kier alpha value is -4.89. The Morgan fingerprint density at radius 1 is 0.773 bits per heavy atom. The summed E-state index contributed by atoms with van der Waals surface area (Å²) in [6.07, 6.45) is 1.77. The first-order valence-electron chi connectivity index (χ1n) is 14.5. The number of amides is 2. The molecule has 7 rings (SSSR count). The molecule has 1 aromatic heterocycles. The third-order valence-electron chi connectivity index (χ3n) is 9.03. The van der Waals surface area contributed by atoms with Gasteiger partial charge in [0.2, 0.25) is 11.8 Å². The lowest BCUT2D eigenvalue weighted by Gasteiger charge is -2.28. The molecule has 44 heavy (non-hydrogen) atoms. The van der Waals surface area contributed by atoms with Crippen molar-refractivity contribution < 1.29 is 33.4 Å². The van der Waals surface area contributed by atoms with Crippen LogP contribution in [0.3, 0.4) is 0 Å². The Morgan fingerprint density at radius 2 is 1.55 bits per heavy atom. The number of hydrogen-bond acceptors (Lipinski definition) is 8. The number of hydrogen-bond donors (Lipinski definition) is 0. The largest absolute Gasteiger partial charge is 0.454 e. The highest BCUT2D eigenvalue weighted by Crippen LogP contribution is 2.61. The number of carbonyl (C=O) groups excluding carboxylic acids is 5. The summed E-state index contributed by atoms with van der Waals surface area (Å²) < 4.78 is 10.6. The minimum Gasteiger partial charge on any atom is -0.454 e. The van der Waals surface area contributed by atoms with Crippen LogP contribution in [0.4, 0.5) is 5.69 Å². The minimum absolute atomic E-state index is 0.120. The van der Waals surface area contributed by atoms with E-state index in [1.807, 2.05) is 18.2 Å². The van der Waals surface area contributed by atoms with Crippen LogP contribution in [-0.2, 0) is 14.3 Å². The fourth-order valence-corrected chi connectivity index (χ4v) is 7.73. The minimum atomic E-state index is -0.745. The van der Waals surface area contributed by atoms with E-state index in [4.69, 9.17) is 9.47 Å². The Kier molecular flexibility index (Phi) is 7.18. The summed E-state index contributed by atoms with van der Waals surface area (Å²) in [5.41, 5.74) is 1.96. The molecule has 5 atom stereocenters. The predicted octanol–water partition coefficient (Wildman–Crippen LogP) is 5.94. The molecule has 3 aliphatic rings. The quantitative estimate of drug-likeness (QED) is 0.106. The van der Waals surface area contributed by atoms with E-state index in [0.29, 0.717) is 10.6 Å². The number of esters is 2. The third kappa shape index (κ3) is 4.93. The second-order valence-electron chi connectivity index (χ2n) is 11.4. The molecule has 2 bridgehead atoms. The molecule has 3 aromatic carbocycles. The van der Waals surface area contributed by atoms with Gasteiger partial charge in [-0.1, -0.05) is 42.5 Å². The second-order valence-corrected chi connectivity index (χ2v) is 12.4. The van der Waals surface area contributed by atoms with Gasteiger partial charge in [-0.15, -0.1) is 11.3 Å². The molecule has 1 aliphatic heterocycles. The number of ether oxygens (including phenoxy) is 2. The Labute approximate surface area is 257 Å². The Bertz CT molecular complexity index is 1770. The van der Waals surface area contributed by atoms with Crippen molar-refractivity contribution in [2.75, 3.05) is 11.5 Å². The van der Waals surface area contributed by atoms with E-state index in [2.05, 4.69) is 12.1 Å². The van der Waals surface area contributed by atoms with Gasteiger partial charge < -0.3 is 9.47 Å². The molecule has 8 nitrogen and oxygen atoms in total. The van der Waals surface area contributed by atoms with Gasteiger partial charge in [0.05, 0.1) is 23.1 Å². The standard InChI is InChI=1S/C35H27NO7S/c37-28(21-11-13-25(14-12-21)43-35(41)29-10-5-15-44-29)19-42-34(40)22-8-4-9-24(16-22)36-32(38)30-23-17-26(20-6-2-1-3-7-20)27(18-23)31(30)33(36)39/h1-16,23,26-27,30-31H,17-19H2/t23-,26+,27-,30+,31+/m1/s1. The number of rotatable bonds is 8. The number of ketones is 1. The summed E-state index contributed by atoms with van der Waals surface area (Å²) in [4.78, 5) is 66.6. The molecule has 3 fully saturated rings. The molecule has 0 radical (unpaired) electrons. The van der Waals surface area contributed by atoms with Gasteiger partial charge in [-0.2, -0.15) is 0 Å². The summed E-state index contributed by atoms with van der Waals surface area (Å²) in [5.74, 6) is -1.94. The van der Waals surface area contributed by atoms with Crippen LogP contribution in [-0.4, -0.2) is 36.1 Å². The average molecular weight is 606 g/mol. The molecule has 0 unspecified atom stereocenters. The maximum absolute atomic E-state index is 13.7. The van der Waals surface area contributed by atoms with Crippen molar-refractivity contribution in [2.45, 2.75) is 18.8 Å². The van der Waals surface area contributed by atoms with Crippen LogP contribution in [0.5, 0.6) is 5.75 Å². The topological polar surface area (TPSA) is 107 Å². The molecule has 220 valence electrons. The van der Waals surface area contributed by atoms with E-state index in [1.165, 1.54) is 58.2 Å². The summed E-state index contributed by atoms with van der Waals surface area (Å²) in [6, 6.07) is 25.8. The second kappa shape index (κ2) is 11.3. The van der Waals surface area contributed by atoms with E-state index in [1.54, 1.807) is 29.6 Å². The lowest BCUT2D eigenvalue weighted by Crippen LogP contribution is -2.33. The Balaban J connectivity index is 0.991.